The Hall–Kier alpha value is -0.960. The van der Waals surface area contributed by atoms with E-state index in [1.54, 1.807) is 0 Å². The Morgan fingerprint density at radius 3 is 3.10 bits per heavy atom. The second-order valence-electron chi connectivity index (χ2n) is 4.78. The van der Waals surface area contributed by atoms with Crippen molar-refractivity contribution in [3.8, 4) is 11.8 Å². The van der Waals surface area contributed by atoms with Gasteiger partial charge in [-0.1, -0.05) is 18.8 Å². The molecule has 3 nitrogen and oxygen atoms in total. The van der Waals surface area contributed by atoms with E-state index in [1.807, 2.05) is 29.7 Å². The number of carbonyl (C=O) groups excluding carboxylic acids is 1. The quantitative estimate of drug-likeness (QED) is 0.853. The minimum atomic E-state index is 0.151. The molecule has 1 fully saturated rings. The Morgan fingerprint density at radius 2 is 2.40 bits per heavy atom. The van der Waals surface area contributed by atoms with Crippen molar-refractivity contribution in [3.63, 3.8) is 0 Å². The molecule has 0 saturated carbocycles. The summed E-state index contributed by atoms with van der Waals surface area (Å²) in [5.41, 5.74) is 6.46. The van der Waals surface area contributed by atoms with Crippen molar-refractivity contribution in [1.82, 2.24) is 4.90 Å². The smallest absolute Gasteiger partial charge is 0.264 e. The largest absolute Gasteiger partial charge is 0.336 e. The second-order valence-corrected chi connectivity index (χ2v) is 7.24. The molecule has 1 unspecified atom stereocenters. The Labute approximate surface area is 128 Å². The minimum Gasteiger partial charge on any atom is -0.336 e. The molecule has 2 N–H and O–H groups in total. The number of thioether (sulfide) groups is 1. The van der Waals surface area contributed by atoms with Crippen LogP contribution in [0.5, 0.6) is 0 Å². The summed E-state index contributed by atoms with van der Waals surface area (Å²) < 4.78 is 0. The lowest BCUT2D eigenvalue weighted by atomic mass is 10.2. The number of aryl methyl sites for hydroxylation is 1. The number of amides is 1. The zero-order chi connectivity index (χ0) is 14.5. The average molecular weight is 308 g/mol. The van der Waals surface area contributed by atoms with Crippen LogP contribution in [-0.4, -0.2) is 41.4 Å². The Bertz CT molecular complexity index is 542. The van der Waals surface area contributed by atoms with Crippen LogP contribution in [0.3, 0.4) is 0 Å². The van der Waals surface area contributed by atoms with Crippen LogP contribution in [0.4, 0.5) is 0 Å². The van der Waals surface area contributed by atoms with Gasteiger partial charge < -0.3 is 10.6 Å². The van der Waals surface area contributed by atoms with Gasteiger partial charge in [0.1, 0.15) is 0 Å². The number of hydrogen-bond donors (Lipinski definition) is 1. The molecule has 0 aliphatic carbocycles. The van der Waals surface area contributed by atoms with Crippen molar-refractivity contribution >= 4 is 29.0 Å². The summed E-state index contributed by atoms with van der Waals surface area (Å²) in [6.45, 7) is 6.24. The third-order valence-electron chi connectivity index (χ3n) is 3.31. The Morgan fingerprint density at radius 1 is 1.60 bits per heavy atom. The first-order chi connectivity index (χ1) is 9.65. The van der Waals surface area contributed by atoms with Crippen LogP contribution in [0.25, 0.3) is 0 Å². The van der Waals surface area contributed by atoms with Crippen molar-refractivity contribution in [1.29, 1.82) is 0 Å². The summed E-state index contributed by atoms with van der Waals surface area (Å²) in [6.07, 6.45) is 1.12. The predicted octanol–water partition coefficient (Wildman–Crippen LogP) is 2.33. The van der Waals surface area contributed by atoms with Crippen LogP contribution >= 0.6 is 23.1 Å². The Balaban J connectivity index is 2.13. The molecular formula is C15H20N2OS2. The normalized spacial score (nSPS) is 18.6. The first-order valence-corrected chi connectivity index (χ1v) is 8.72. The van der Waals surface area contributed by atoms with Gasteiger partial charge in [-0.2, -0.15) is 11.8 Å². The number of nitrogens with two attached hydrogens (primary N) is 1. The molecule has 1 aromatic rings. The van der Waals surface area contributed by atoms with Crippen LogP contribution in [0.2, 0.25) is 0 Å². The van der Waals surface area contributed by atoms with Gasteiger partial charge in [0, 0.05) is 24.1 Å². The van der Waals surface area contributed by atoms with Gasteiger partial charge in [0.25, 0.3) is 5.91 Å². The number of thiophene rings is 1. The standard InChI is InChI=1S/C15H20N2OS2/c1-3-12-10-17(7-8-19-12)15(18)14-9-11(2)13(20-14)5-4-6-16/h9,12H,3,6-8,10,16H2,1-2H3. The van der Waals surface area contributed by atoms with E-state index < -0.39 is 0 Å². The fourth-order valence-corrected chi connectivity index (χ4v) is 4.34. The summed E-state index contributed by atoms with van der Waals surface area (Å²) in [7, 11) is 0. The van der Waals surface area contributed by atoms with Crippen molar-refractivity contribution in [2.24, 2.45) is 5.73 Å². The van der Waals surface area contributed by atoms with Crippen molar-refractivity contribution in [2.45, 2.75) is 25.5 Å². The van der Waals surface area contributed by atoms with Crippen LogP contribution in [0.15, 0.2) is 6.07 Å². The molecule has 20 heavy (non-hydrogen) atoms. The predicted molar refractivity (Wildman–Crippen MR) is 87.4 cm³/mol. The molecule has 0 aromatic carbocycles. The fourth-order valence-electron chi connectivity index (χ4n) is 2.15. The van der Waals surface area contributed by atoms with Gasteiger partial charge >= 0.3 is 0 Å². The van der Waals surface area contributed by atoms with E-state index >= 15 is 0 Å². The first-order valence-electron chi connectivity index (χ1n) is 6.86. The molecule has 0 bridgehead atoms. The molecule has 2 heterocycles. The maximum atomic E-state index is 12.6. The highest BCUT2D eigenvalue weighted by atomic mass is 32.2. The topological polar surface area (TPSA) is 46.3 Å². The maximum Gasteiger partial charge on any atom is 0.264 e. The average Bonchev–Trinajstić information content (AvgIpc) is 2.85. The number of nitrogens with zero attached hydrogens (tertiary/aromatic N) is 1. The van der Waals surface area contributed by atoms with E-state index in [0.29, 0.717) is 11.8 Å². The van der Waals surface area contributed by atoms with E-state index in [-0.39, 0.29) is 5.91 Å². The van der Waals surface area contributed by atoms with Crippen LogP contribution in [0, 0.1) is 18.8 Å². The molecule has 1 aliphatic rings. The van der Waals surface area contributed by atoms with Gasteiger partial charge in [0.05, 0.1) is 16.3 Å². The lowest BCUT2D eigenvalue weighted by Crippen LogP contribution is -2.41. The van der Waals surface area contributed by atoms with Crippen LogP contribution < -0.4 is 5.73 Å². The van der Waals surface area contributed by atoms with E-state index in [1.165, 1.54) is 11.3 Å². The number of hydrogen-bond acceptors (Lipinski definition) is 4. The molecule has 1 amide bonds. The lowest BCUT2D eigenvalue weighted by Gasteiger charge is -2.31. The van der Waals surface area contributed by atoms with Crippen molar-refractivity contribution in [2.75, 3.05) is 25.4 Å². The van der Waals surface area contributed by atoms with E-state index in [4.69, 9.17) is 5.73 Å². The molecular weight excluding hydrogens is 288 g/mol. The van der Waals surface area contributed by atoms with Gasteiger partial charge in [-0.3, -0.25) is 4.79 Å². The van der Waals surface area contributed by atoms with Gasteiger partial charge in [-0.15, -0.1) is 11.3 Å². The third kappa shape index (κ3) is 3.57. The SMILES string of the molecule is CCC1CN(C(=O)c2cc(C)c(C#CCN)s2)CCS1. The number of carbonyl (C=O) groups is 1. The summed E-state index contributed by atoms with van der Waals surface area (Å²) in [5, 5.41) is 0.574. The van der Waals surface area contributed by atoms with Gasteiger partial charge in [0.2, 0.25) is 0 Å². The highest BCUT2D eigenvalue weighted by Crippen LogP contribution is 2.26. The summed E-state index contributed by atoms with van der Waals surface area (Å²) in [4.78, 5) is 16.3. The van der Waals surface area contributed by atoms with E-state index in [2.05, 4.69) is 18.8 Å². The first kappa shape index (κ1) is 15.4. The molecule has 1 aliphatic heterocycles. The summed E-state index contributed by atoms with van der Waals surface area (Å²) in [5.74, 6) is 7.08. The van der Waals surface area contributed by atoms with E-state index in [0.717, 1.165) is 40.6 Å². The molecule has 0 spiro atoms. The molecule has 5 heteroatoms. The van der Waals surface area contributed by atoms with E-state index in [9.17, 15) is 4.79 Å². The summed E-state index contributed by atoms with van der Waals surface area (Å²) in [6, 6.07) is 1.95. The second kappa shape index (κ2) is 7.16. The van der Waals surface area contributed by atoms with Gasteiger partial charge in [-0.25, -0.2) is 0 Å². The minimum absolute atomic E-state index is 0.151. The lowest BCUT2D eigenvalue weighted by molar-refractivity contribution is 0.0765. The zero-order valence-corrected chi connectivity index (χ0v) is 13.6. The fraction of sp³-hybridized carbons (Fsp3) is 0.533. The molecule has 1 atom stereocenters. The highest BCUT2D eigenvalue weighted by Gasteiger charge is 2.25. The monoisotopic (exact) mass is 308 g/mol. The van der Waals surface area contributed by atoms with Crippen LogP contribution in [0.1, 0.15) is 33.5 Å². The molecule has 1 saturated heterocycles. The van der Waals surface area contributed by atoms with Gasteiger partial charge in [-0.05, 0) is 25.0 Å². The van der Waals surface area contributed by atoms with Gasteiger partial charge in [0.15, 0.2) is 0 Å². The zero-order valence-electron chi connectivity index (χ0n) is 11.9. The molecule has 0 radical (unpaired) electrons. The molecule has 108 valence electrons. The van der Waals surface area contributed by atoms with Crippen molar-refractivity contribution < 1.29 is 4.79 Å². The van der Waals surface area contributed by atoms with Crippen LogP contribution in [-0.2, 0) is 0 Å². The third-order valence-corrected chi connectivity index (χ3v) is 5.83. The molecule has 1 aromatic heterocycles. The molecule has 2 rings (SSSR count). The summed E-state index contributed by atoms with van der Waals surface area (Å²) >= 11 is 3.46. The Kier molecular flexibility index (Phi) is 5.53. The maximum absolute atomic E-state index is 12.6. The number of rotatable bonds is 2. The van der Waals surface area contributed by atoms with Crippen molar-refractivity contribution in [3.05, 3.63) is 21.4 Å². The highest BCUT2D eigenvalue weighted by molar-refractivity contribution is 8.00.